The molecule has 0 aliphatic rings. The fourth-order valence-electron chi connectivity index (χ4n) is 4.87. The van der Waals surface area contributed by atoms with Crippen molar-refractivity contribution in [3.63, 3.8) is 0 Å². The summed E-state index contributed by atoms with van der Waals surface area (Å²) in [5.41, 5.74) is 1.22. The number of carbonyl (C=O) groups is 1. The third kappa shape index (κ3) is 20.6. The highest BCUT2D eigenvalue weighted by atomic mass is 31.2. The Morgan fingerprint density at radius 3 is 2.05 bits per heavy atom. The largest absolute Gasteiger partial charge is 0.494 e. The Labute approximate surface area is 257 Å². The maximum Gasteiger partial charge on any atom is 0.472 e. The molecule has 0 saturated heterocycles. The number of phosphoric acid groups is 1. The van der Waals surface area contributed by atoms with E-state index in [1.807, 2.05) is 33.2 Å². The molecule has 0 spiro atoms. The highest BCUT2D eigenvalue weighted by molar-refractivity contribution is 7.47. The van der Waals surface area contributed by atoms with Crippen molar-refractivity contribution in [1.82, 2.24) is 0 Å². The number of nitrogens with zero attached hydrogens (tertiary/aromatic N) is 1. The summed E-state index contributed by atoms with van der Waals surface area (Å²) in [6, 6.07) is 8.28. The minimum Gasteiger partial charge on any atom is -0.494 e. The molecule has 1 N–H and O–H groups in total. The van der Waals surface area contributed by atoms with Gasteiger partial charge < -0.3 is 14.1 Å². The topological polar surface area (TPSA) is 82.1 Å². The van der Waals surface area contributed by atoms with E-state index in [4.69, 9.17) is 13.8 Å². The van der Waals surface area contributed by atoms with Crippen molar-refractivity contribution in [3.8, 4) is 5.75 Å². The van der Waals surface area contributed by atoms with Crippen LogP contribution >= 0.6 is 7.82 Å². The normalized spacial score (nSPS) is 14.0. The van der Waals surface area contributed by atoms with Gasteiger partial charge in [0.25, 0.3) is 0 Å². The second kappa shape index (κ2) is 23.2. The van der Waals surface area contributed by atoms with Crippen molar-refractivity contribution < 1.29 is 32.5 Å². The Bertz CT molecular complexity index is 860. The Balaban J connectivity index is 2.36. The molecule has 0 aliphatic heterocycles. The molecule has 0 heterocycles. The molecular weight excluding hydrogens is 549 g/mol. The zero-order valence-corrected chi connectivity index (χ0v) is 28.5. The number of unbranched alkanes of at least 4 members (excludes halogenated alkanes) is 9. The van der Waals surface area contributed by atoms with E-state index in [0.717, 1.165) is 51.0 Å². The molecule has 1 rings (SSSR count). The van der Waals surface area contributed by atoms with Crippen molar-refractivity contribution in [2.75, 3.05) is 47.0 Å². The van der Waals surface area contributed by atoms with Crippen LogP contribution in [0.2, 0.25) is 0 Å². The van der Waals surface area contributed by atoms with Crippen LogP contribution in [0.5, 0.6) is 5.75 Å². The maximum absolute atomic E-state index is 12.4. The van der Waals surface area contributed by atoms with Crippen molar-refractivity contribution in [2.45, 2.75) is 124 Å². The molecule has 7 nitrogen and oxygen atoms in total. The summed E-state index contributed by atoms with van der Waals surface area (Å²) in [5, 5.41) is 0. The van der Waals surface area contributed by atoms with Gasteiger partial charge in [-0.05, 0) is 62.6 Å². The second-order valence-electron chi connectivity index (χ2n) is 12.5. The van der Waals surface area contributed by atoms with Crippen LogP contribution in [-0.4, -0.2) is 62.2 Å². The molecule has 0 amide bonds. The smallest absolute Gasteiger partial charge is 0.472 e. The van der Waals surface area contributed by atoms with E-state index < -0.39 is 7.82 Å². The molecule has 0 saturated carbocycles. The number of Topliss-reactive ketones (excluding diaryl/α,β-unsaturated/α-hetero) is 1. The fourth-order valence-corrected chi connectivity index (χ4v) is 5.66. The van der Waals surface area contributed by atoms with Crippen LogP contribution in [0.3, 0.4) is 0 Å². The lowest BCUT2D eigenvalue weighted by Gasteiger charge is -2.28. The summed E-state index contributed by atoms with van der Waals surface area (Å²) in [6.45, 7) is 8.78. The zero-order chi connectivity index (χ0) is 31.1. The Morgan fingerprint density at radius 1 is 0.833 bits per heavy atom. The number of hydrogen-bond donors (Lipinski definition) is 1. The number of benzene rings is 1. The quantitative estimate of drug-likeness (QED) is 0.0578. The molecule has 0 fully saturated rings. The molecule has 0 bridgehead atoms. The SMILES string of the molecule is CCCCCCCCCCCCOc1ccc(CCCC(COP(=O)(O)OCC[N+](C)(C)CC)CC(=O)CCC)cc1. The van der Waals surface area contributed by atoms with Gasteiger partial charge in [-0.1, -0.05) is 83.8 Å². The predicted molar refractivity (Wildman–Crippen MR) is 174 cm³/mol. The van der Waals surface area contributed by atoms with Crippen molar-refractivity contribution in [1.29, 1.82) is 0 Å². The standard InChI is InChI=1S/C34H62NO6P/c1-6-9-10-11-12-13-14-15-16-17-27-39-34-24-22-31(23-25-34)20-18-21-32(29-33(36)19-7-2)30-41-42(37,38)40-28-26-35(4,5)8-3/h22-25,32H,6-21,26-30H2,1-5H3/p+1. The summed E-state index contributed by atoms with van der Waals surface area (Å²) in [4.78, 5) is 22.5. The van der Waals surface area contributed by atoms with Gasteiger partial charge in [0.1, 0.15) is 24.7 Å². The van der Waals surface area contributed by atoms with E-state index in [1.54, 1.807) is 0 Å². The first kappa shape index (κ1) is 38.8. The van der Waals surface area contributed by atoms with Crippen molar-refractivity contribution in [2.24, 2.45) is 5.92 Å². The van der Waals surface area contributed by atoms with Gasteiger partial charge in [0, 0.05) is 12.8 Å². The van der Waals surface area contributed by atoms with Crippen LogP contribution in [0, 0.1) is 5.92 Å². The molecule has 2 unspecified atom stereocenters. The average molecular weight is 613 g/mol. The molecule has 8 heteroatoms. The molecule has 1 aromatic carbocycles. The summed E-state index contributed by atoms with van der Waals surface area (Å²) in [5.74, 6) is 0.969. The van der Waals surface area contributed by atoms with Gasteiger partial charge in [0.05, 0.1) is 33.9 Å². The lowest BCUT2D eigenvalue weighted by molar-refractivity contribution is -0.888. The number of aryl methyl sites for hydroxylation is 1. The Kier molecular flexibility index (Phi) is 21.4. The third-order valence-electron chi connectivity index (χ3n) is 8.09. The van der Waals surface area contributed by atoms with Crippen LogP contribution < -0.4 is 4.74 Å². The van der Waals surface area contributed by atoms with Crippen molar-refractivity contribution in [3.05, 3.63) is 29.8 Å². The molecular formula is C34H63NO6P+. The summed E-state index contributed by atoms with van der Waals surface area (Å²) in [6.07, 6.45) is 17.3. The Morgan fingerprint density at radius 2 is 1.45 bits per heavy atom. The number of phosphoric ester groups is 1. The van der Waals surface area contributed by atoms with Gasteiger partial charge >= 0.3 is 7.82 Å². The van der Waals surface area contributed by atoms with E-state index in [1.165, 1.54) is 63.4 Å². The van der Waals surface area contributed by atoms with E-state index in [-0.39, 0.29) is 24.9 Å². The summed E-state index contributed by atoms with van der Waals surface area (Å²) < 4.78 is 29.6. The molecule has 2 atom stereocenters. The third-order valence-corrected chi connectivity index (χ3v) is 9.08. The van der Waals surface area contributed by atoms with Gasteiger partial charge in [0.2, 0.25) is 0 Å². The molecule has 0 aromatic heterocycles. The summed E-state index contributed by atoms with van der Waals surface area (Å²) in [7, 11) is -0.0703. The fraction of sp³-hybridized carbons (Fsp3) is 0.794. The number of ketones is 1. The number of hydrogen-bond acceptors (Lipinski definition) is 5. The molecule has 0 aliphatic carbocycles. The van der Waals surface area contributed by atoms with Crippen molar-refractivity contribution >= 4 is 13.6 Å². The minimum absolute atomic E-state index is 0.0427. The molecule has 1 aromatic rings. The van der Waals surface area contributed by atoms with Gasteiger partial charge in [-0.2, -0.15) is 0 Å². The van der Waals surface area contributed by atoms with Crippen LogP contribution in [0.4, 0.5) is 0 Å². The highest BCUT2D eigenvalue weighted by Gasteiger charge is 2.25. The van der Waals surface area contributed by atoms with Gasteiger partial charge in [0.15, 0.2) is 0 Å². The predicted octanol–water partition coefficient (Wildman–Crippen LogP) is 8.91. The first-order valence-corrected chi connectivity index (χ1v) is 18.3. The second-order valence-corrected chi connectivity index (χ2v) is 14.0. The highest BCUT2D eigenvalue weighted by Crippen LogP contribution is 2.44. The monoisotopic (exact) mass is 612 g/mol. The number of carbonyl (C=O) groups excluding carboxylic acids is 1. The van der Waals surface area contributed by atoms with E-state index in [0.29, 0.717) is 23.9 Å². The van der Waals surface area contributed by atoms with E-state index in [9.17, 15) is 14.3 Å². The minimum atomic E-state index is -4.16. The number of ether oxygens (including phenoxy) is 1. The summed E-state index contributed by atoms with van der Waals surface area (Å²) >= 11 is 0. The number of quaternary nitrogens is 1. The van der Waals surface area contributed by atoms with Crippen LogP contribution in [-0.2, 0) is 24.8 Å². The van der Waals surface area contributed by atoms with Gasteiger partial charge in [-0.3, -0.25) is 13.8 Å². The number of rotatable bonds is 28. The van der Waals surface area contributed by atoms with Crippen LogP contribution in [0.15, 0.2) is 24.3 Å². The van der Waals surface area contributed by atoms with E-state index in [2.05, 4.69) is 26.0 Å². The molecule has 42 heavy (non-hydrogen) atoms. The van der Waals surface area contributed by atoms with E-state index >= 15 is 0 Å². The van der Waals surface area contributed by atoms with Gasteiger partial charge in [-0.25, -0.2) is 4.57 Å². The lowest BCUT2D eigenvalue weighted by atomic mass is 9.94. The van der Waals surface area contributed by atoms with Crippen LogP contribution in [0.1, 0.15) is 123 Å². The maximum atomic E-state index is 12.4. The Hall–Kier alpha value is -1.24. The van der Waals surface area contributed by atoms with Gasteiger partial charge in [-0.15, -0.1) is 0 Å². The first-order valence-electron chi connectivity index (χ1n) is 16.8. The number of likely N-dealkylation sites (N-methyl/N-ethyl adjacent to an activating group) is 1. The lowest BCUT2D eigenvalue weighted by Crippen LogP contribution is -2.41. The van der Waals surface area contributed by atoms with Crippen LogP contribution in [0.25, 0.3) is 0 Å². The molecule has 244 valence electrons. The zero-order valence-electron chi connectivity index (χ0n) is 27.6. The average Bonchev–Trinajstić information content (AvgIpc) is 2.95. The first-order chi connectivity index (χ1) is 20.1. The molecule has 0 radical (unpaired) electrons.